The Hall–Kier alpha value is -1.64. The van der Waals surface area contributed by atoms with Gasteiger partial charge in [0.2, 0.25) is 0 Å². The number of methoxy groups -OCH3 is 2. The van der Waals surface area contributed by atoms with Gasteiger partial charge in [-0.15, -0.1) is 0 Å². The summed E-state index contributed by atoms with van der Waals surface area (Å²) in [4.78, 5) is 0. The lowest BCUT2D eigenvalue weighted by Crippen LogP contribution is -2.34. The van der Waals surface area contributed by atoms with Gasteiger partial charge in [-0.2, -0.15) is 0 Å². The first-order valence-electron chi connectivity index (χ1n) is 10.3. The van der Waals surface area contributed by atoms with Crippen molar-refractivity contribution in [1.82, 2.24) is 0 Å². The van der Waals surface area contributed by atoms with Gasteiger partial charge in [-0.1, -0.05) is 60.7 Å². The Morgan fingerprint density at radius 3 is 1.48 bits per heavy atom. The molecule has 2 bridgehead atoms. The molecule has 2 aromatic rings. The van der Waals surface area contributed by atoms with E-state index in [0.717, 1.165) is 13.2 Å². The van der Waals surface area contributed by atoms with Gasteiger partial charge in [0.25, 0.3) is 0 Å². The normalized spacial score (nSPS) is 28.5. The van der Waals surface area contributed by atoms with Crippen molar-refractivity contribution in [3.05, 3.63) is 71.8 Å². The molecule has 0 saturated heterocycles. The van der Waals surface area contributed by atoms with E-state index in [1.165, 1.54) is 36.8 Å². The first kappa shape index (κ1) is 18.7. The molecule has 0 spiro atoms. The highest BCUT2D eigenvalue weighted by molar-refractivity contribution is 5.26. The molecule has 0 amide bonds. The summed E-state index contributed by atoms with van der Waals surface area (Å²) in [6, 6.07) is 22.2. The van der Waals surface area contributed by atoms with Crippen LogP contribution < -0.4 is 0 Å². The van der Waals surface area contributed by atoms with Crippen molar-refractivity contribution < 1.29 is 9.47 Å². The fourth-order valence-electron chi connectivity index (χ4n) is 6.49. The number of ether oxygens (including phenoxy) is 2. The van der Waals surface area contributed by atoms with Crippen LogP contribution in [0.2, 0.25) is 0 Å². The van der Waals surface area contributed by atoms with Crippen molar-refractivity contribution in [2.75, 3.05) is 27.4 Å². The first-order chi connectivity index (χ1) is 13.3. The highest BCUT2D eigenvalue weighted by Crippen LogP contribution is 2.65. The molecule has 4 atom stereocenters. The molecule has 0 radical (unpaired) electrons. The van der Waals surface area contributed by atoms with Gasteiger partial charge in [0, 0.05) is 27.4 Å². The molecule has 27 heavy (non-hydrogen) atoms. The molecule has 2 heteroatoms. The smallest absolute Gasteiger partial charge is 0.0496 e. The van der Waals surface area contributed by atoms with Crippen molar-refractivity contribution in [2.45, 2.75) is 25.7 Å². The minimum atomic E-state index is 0.315. The van der Waals surface area contributed by atoms with Gasteiger partial charge in [-0.05, 0) is 65.9 Å². The van der Waals surface area contributed by atoms with Gasteiger partial charge >= 0.3 is 0 Å². The predicted molar refractivity (Wildman–Crippen MR) is 110 cm³/mol. The molecule has 0 aromatic heterocycles. The standard InChI is InChI=1S/C25H32O2/c1-26-17-21-22(18-27-2)24-14-13-23(21)25(24,15-19-9-5-3-6-10-19)16-20-11-7-4-8-12-20/h3-12,21-24H,13-18H2,1-2H3/t21-,22-,23-,24+/m1/s1. The second-order valence-corrected chi connectivity index (χ2v) is 8.59. The van der Waals surface area contributed by atoms with Crippen LogP contribution in [0.1, 0.15) is 24.0 Å². The van der Waals surface area contributed by atoms with Gasteiger partial charge in [0.1, 0.15) is 0 Å². The maximum absolute atomic E-state index is 5.69. The zero-order chi connectivity index (χ0) is 18.7. The van der Waals surface area contributed by atoms with Gasteiger partial charge in [-0.25, -0.2) is 0 Å². The Morgan fingerprint density at radius 1 is 0.704 bits per heavy atom. The van der Waals surface area contributed by atoms with Crippen molar-refractivity contribution in [3.8, 4) is 0 Å². The molecule has 0 N–H and O–H groups in total. The maximum atomic E-state index is 5.69. The number of hydrogen-bond donors (Lipinski definition) is 0. The summed E-state index contributed by atoms with van der Waals surface area (Å²) in [6.45, 7) is 1.72. The van der Waals surface area contributed by atoms with Crippen molar-refractivity contribution in [2.24, 2.45) is 29.1 Å². The Balaban J connectivity index is 1.73. The number of hydrogen-bond acceptors (Lipinski definition) is 2. The molecule has 144 valence electrons. The molecule has 0 heterocycles. The molecule has 2 fully saturated rings. The van der Waals surface area contributed by atoms with Crippen LogP contribution in [0.15, 0.2) is 60.7 Å². The molecule has 0 unspecified atom stereocenters. The van der Waals surface area contributed by atoms with Gasteiger partial charge in [-0.3, -0.25) is 0 Å². The molecule has 4 rings (SSSR count). The van der Waals surface area contributed by atoms with Crippen LogP contribution in [0.25, 0.3) is 0 Å². The van der Waals surface area contributed by atoms with Crippen LogP contribution in [-0.4, -0.2) is 27.4 Å². The lowest BCUT2D eigenvalue weighted by molar-refractivity contribution is 0.0404. The fourth-order valence-corrected chi connectivity index (χ4v) is 6.49. The summed E-state index contributed by atoms with van der Waals surface area (Å²) >= 11 is 0. The molecule has 2 aliphatic carbocycles. The van der Waals surface area contributed by atoms with E-state index < -0.39 is 0 Å². The highest BCUT2D eigenvalue weighted by Gasteiger charge is 2.62. The topological polar surface area (TPSA) is 18.5 Å². The van der Waals surface area contributed by atoms with Crippen LogP contribution in [0.5, 0.6) is 0 Å². The number of rotatable bonds is 8. The van der Waals surface area contributed by atoms with E-state index in [-0.39, 0.29) is 0 Å². The van der Waals surface area contributed by atoms with E-state index >= 15 is 0 Å². The van der Waals surface area contributed by atoms with E-state index in [0.29, 0.717) is 29.1 Å². The van der Waals surface area contributed by atoms with Gasteiger partial charge < -0.3 is 9.47 Å². The highest BCUT2D eigenvalue weighted by atomic mass is 16.5. The van der Waals surface area contributed by atoms with Crippen LogP contribution >= 0.6 is 0 Å². The third-order valence-electron chi connectivity index (χ3n) is 7.32. The van der Waals surface area contributed by atoms with Crippen LogP contribution in [0, 0.1) is 29.1 Å². The monoisotopic (exact) mass is 364 g/mol. The van der Waals surface area contributed by atoms with Crippen molar-refractivity contribution in [3.63, 3.8) is 0 Å². The second kappa shape index (κ2) is 8.16. The van der Waals surface area contributed by atoms with Gasteiger partial charge in [0.15, 0.2) is 0 Å². The molecule has 2 aromatic carbocycles. The number of fused-ring (bicyclic) bond motifs is 2. The molecule has 2 aliphatic rings. The lowest BCUT2D eigenvalue weighted by Gasteiger charge is -2.36. The SMILES string of the molecule is COC[C@@H]1[C@@H](COC)[C@@H]2CC[C@H]1C2(Cc1ccccc1)Cc1ccccc1. The first-order valence-corrected chi connectivity index (χ1v) is 10.3. The van der Waals surface area contributed by atoms with Gasteiger partial charge in [0.05, 0.1) is 0 Å². The Bertz CT molecular complexity index is 648. The summed E-state index contributed by atoms with van der Waals surface area (Å²) in [5, 5.41) is 0. The van der Waals surface area contributed by atoms with Crippen LogP contribution in [-0.2, 0) is 22.3 Å². The molecule has 2 nitrogen and oxygen atoms in total. The van der Waals surface area contributed by atoms with Crippen molar-refractivity contribution >= 4 is 0 Å². The number of benzene rings is 2. The summed E-state index contributed by atoms with van der Waals surface area (Å²) in [5.74, 6) is 2.65. The van der Waals surface area contributed by atoms with E-state index in [4.69, 9.17) is 9.47 Å². The van der Waals surface area contributed by atoms with Crippen LogP contribution in [0.3, 0.4) is 0 Å². The molecular formula is C25H32O2. The van der Waals surface area contributed by atoms with Crippen LogP contribution in [0.4, 0.5) is 0 Å². The van der Waals surface area contributed by atoms with Crippen molar-refractivity contribution in [1.29, 1.82) is 0 Å². The molecular weight excluding hydrogens is 332 g/mol. The summed E-state index contributed by atoms with van der Waals surface area (Å²) in [5.41, 5.74) is 3.26. The zero-order valence-corrected chi connectivity index (χ0v) is 16.6. The Morgan fingerprint density at radius 2 is 1.11 bits per heavy atom. The van der Waals surface area contributed by atoms with E-state index in [2.05, 4.69) is 60.7 Å². The molecule has 2 saturated carbocycles. The third kappa shape index (κ3) is 3.46. The van der Waals surface area contributed by atoms with E-state index in [9.17, 15) is 0 Å². The zero-order valence-electron chi connectivity index (χ0n) is 16.6. The third-order valence-corrected chi connectivity index (χ3v) is 7.32. The maximum Gasteiger partial charge on any atom is 0.0496 e. The predicted octanol–water partition coefficient (Wildman–Crippen LogP) is 5.02. The molecule has 0 aliphatic heterocycles. The summed E-state index contributed by atoms with van der Waals surface area (Å²) in [6.07, 6.45) is 4.99. The minimum absolute atomic E-state index is 0.315. The van der Waals surface area contributed by atoms with E-state index in [1.807, 2.05) is 14.2 Å². The largest absolute Gasteiger partial charge is 0.384 e. The van der Waals surface area contributed by atoms with E-state index in [1.54, 1.807) is 0 Å². The average Bonchev–Trinajstić information content (AvgIpc) is 3.14. The second-order valence-electron chi connectivity index (χ2n) is 8.59. The Labute approximate surface area is 163 Å². The fraction of sp³-hybridized carbons (Fsp3) is 0.520. The quantitative estimate of drug-likeness (QED) is 0.654. The average molecular weight is 365 g/mol. The Kier molecular flexibility index (Phi) is 5.66. The lowest BCUT2D eigenvalue weighted by atomic mass is 9.68. The summed E-state index contributed by atoms with van der Waals surface area (Å²) < 4.78 is 11.4. The minimum Gasteiger partial charge on any atom is -0.384 e. The summed E-state index contributed by atoms with van der Waals surface area (Å²) in [7, 11) is 3.71.